The maximum atomic E-state index is 8.06. The highest BCUT2D eigenvalue weighted by Gasteiger charge is 1.69. The molecule has 0 amide bonds. The van der Waals surface area contributed by atoms with Crippen molar-refractivity contribution in [2.45, 2.75) is 26.9 Å². The normalized spacial score (nSPS) is 7.00. The molecule has 0 fully saturated rings. The van der Waals surface area contributed by atoms with Crippen LogP contribution in [0.25, 0.3) is 0 Å². The van der Waals surface area contributed by atoms with Crippen LogP contribution in [-0.4, -0.2) is 11.2 Å². The van der Waals surface area contributed by atoms with Gasteiger partial charge in [-0.2, -0.15) is 0 Å². The molecule has 0 bridgehead atoms. The van der Waals surface area contributed by atoms with E-state index in [4.69, 9.17) is 5.11 Å². The molecule has 39 valence electrons. The lowest BCUT2D eigenvalue weighted by molar-refractivity contribution is 0.216. The van der Waals surface area contributed by atoms with Crippen molar-refractivity contribution in [3.63, 3.8) is 0 Å². The summed E-state index contributed by atoms with van der Waals surface area (Å²) in [6.45, 7) is 8.44. The van der Waals surface area contributed by atoms with Crippen LogP contribution in [0.2, 0.25) is 0 Å². The summed E-state index contributed by atoms with van der Waals surface area (Å²) >= 11 is 0. The molecule has 0 aliphatic carbocycles. The number of hydrogen-bond acceptors (Lipinski definition) is 1. The van der Waals surface area contributed by atoms with E-state index in [1.54, 1.807) is 20.8 Å². The van der Waals surface area contributed by atoms with Crippen molar-refractivity contribution in [3.8, 4) is 0 Å². The van der Waals surface area contributed by atoms with Gasteiger partial charge in [-0.3, -0.25) is 0 Å². The molecule has 0 saturated carbocycles. The van der Waals surface area contributed by atoms with E-state index in [0.29, 0.717) is 0 Å². The molecule has 0 aromatic rings. The van der Waals surface area contributed by atoms with Crippen molar-refractivity contribution in [2.75, 3.05) is 0 Å². The monoisotopic (exact) mass is 89.1 g/mol. The van der Waals surface area contributed by atoms with Crippen molar-refractivity contribution in [1.29, 1.82) is 0 Å². The molecule has 0 aromatic carbocycles. The predicted octanol–water partition coefficient (Wildman–Crippen LogP) is 1.23. The van der Waals surface area contributed by atoms with Crippen LogP contribution in [0.15, 0.2) is 0 Å². The summed E-state index contributed by atoms with van der Waals surface area (Å²) in [4.78, 5) is 0. The van der Waals surface area contributed by atoms with Gasteiger partial charge in [0.15, 0.2) is 0 Å². The molecule has 1 heteroatoms. The SMILES string of the molecule is CC(C)O.[CH2]C. The predicted molar refractivity (Wildman–Crippen MR) is 28.4 cm³/mol. The first-order valence-electron chi connectivity index (χ1n) is 2.12. The Labute approximate surface area is 40.0 Å². The molecule has 0 aliphatic rings. The van der Waals surface area contributed by atoms with Crippen LogP contribution < -0.4 is 0 Å². The maximum Gasteiger partial charge on any atom is 0.0483 e. The molecule has 0 saturated heterocycles. The van der Waals surface area contributed by atoms with Crippen molar-refractivity contribution in [2.24, 2.45) is 0 Å². The second-order valence-corrected chi connectivity index (χ2v) is 1.09. The summed E-state index contributed by atoms with van der Waals surface area (Å²) in [5.41, 5.74) is 0. The summed E-state index contributed by atoms with van der Waals surface area (Å²) in [6, 6.07) is 0. The number of aliphatic hydroxyl groups is 1. The van der Waals surface area contributed by atoms with E-state index in [1.165, 1.54) is 0 Å². The lowest BCUT2D eigenvalue weighted by Gasteiger charge is -1.80. The highest BCUT2D eigenvalue weighted by Crippen LogP contribution is 1.65. The van der Waals surface area contributed by atoms with Crippen LogP contribution in [0.3, 0.4) is 0 Å². The minimum absolute atomic E-state index is 0.167. The van der Waals surface area contributed by atoms with Gasteiger partial charge in [0, 0.05) is 6.10 Å². The van der Waals surface area contributed by atoms with E-state index in [0.717, 1.165) is 0 Å². The first-order chi connectivity index (χ1) is 2.73. The van der Waals surface area contributed by atoms with Gasteiger partial charge in [0.05, 0.1) is 0 Å². The molecule has 0 heterocycles. The zero-order valence-electron chi connectivity index (χ0n) is 4.73. The third-order valence-corrected chi connectivity index (χ3v) is 0. The highest BCUT2D eigenvalue weighted by atomic mass is 16.3. The minimum atomic E-state index is -0.167. The van der Waals surface area contributed by atoms with Gasteiger partial charge in [0.2, 0.25) is 0 Å². The molecule has 6 heavy (non-hydrogen) atoms. The molecule has 0 spiro atoms. The van der Waals surface area contributed by atoms with Gasteiger partial charge < -0.3 is 5.11 Å². The van der Waals surface area contributed by atoms with Gasteiger partial charge >= 0.3 is 0 Å². The van der Waals surface area contributed by atoms with Crippen LogP contribution in [0.4, 0.5) is 0 Å². The average molecular weight is 89.2 g/mol. The standard InChI is InChI=1S/C3H8O.C2H5/c1-3(2)4;1-2/h3-4H,1-2H3;1H2,2H3. The summed E-state index contributed by atoms with van der Waals surface area (Å²) in [7, 11) is 0. The molecule has 1 radical (unpaired) electrons. The Morgan fingerprint density at radius 2 is 1.33 bits per heavy atom. The maximum absolute atomic E-state index is 8.06. The van der Waals surface area contributed by atoms with Crippen LogP contribution >= 0.6 is 0 Å². The third kappa shape index (κ3) is 21700. The van der Waals surface area contributed by atoms with Crippen LogP contribution in [0, 0.1) is 6.92 Å². The third-order valence-electron chi connectivity index (χ3n) is 0. The van der Waals surface area contributed by atoms with Gasteiger partial charge in [0.1, 0.15) is 0 Å². The first kappa shape index (κ1) is 9.35. The van der Waals surface area contributed by atoms with E-state index in [-0.39, 0.29) is 6.10 Å². The van der Waals surface area contributed by atoms with Crippen molar-refractivity contribution >= 4 is 0 Å². The van der Waals surface area contributed by atoms with E-state index in [2.05, 4.69) is 6.92 Å². The van der Waals surface area contributed by atoms with E-state index >= 15 is 0 Å². The molecule has 0 atom stereocenters. The van der Waals surface area contributed by atoms with Gasteiger partial charge in [-0.15, -0.1) is 0 Å². The van der Waals surface area contributed by atoms with E-state index in [1.807, 2.05) is 0 Å². The molecule has 1 N–H and O–H groups in total. The number of aliphatic hydroxyl groups excluding tert-OH is 1. The lowest BCUT2D eigenvalue weighted by Crippen LogP contribution is -1.85. The van der Waals surface area contributed by atoms with Crippen molar-refractivity contribution < 1.29 is 5.11 Å². The molecule has 0 aromatic heterocycles. The largest absolute Gasteiger partial charge is 0.394 e. The average Bonchev–Trinajstić information content (AvgIpc) is 1.41. The topological polar surface area (TPSA) is 20.2 Å². The van der Waals surface area contributed by atoms with Gasteiger partial charge in [-0.1, -0.05) is 13.8 Å². The van der Waals surface area contributed by atoms with Gasteiger partial charge in [-0.05, 0) is 13.8 Å². The Hall–Kier alpha value is -0.0400. The van der Waals surface area contributed by atoms with Crippen LogP contribution in [-0.2, 0) is 0 Å². The highest BCUT2D eigenvalue weighted by molar-refractivity contribution is 4.20. The van der Waals surface area contributed by atoms with Gasteiger partial charge in [-0.25, -0.2) is 0 Å². The fourth-order valence-electron chi connectivity index (χ4n) is 0. The first-order valence-corrected chi connectivity index (χ1v) is 2.12. The zero-order valence-corrected chi connectivity index (χ0v) is 4.73. The summed E-state index contributed by atoms with van der Waals surface area (Å²) in [6.07, 6.45) is -0.167. The lowest BCUT2D eigenvalue weighted by atomic mass is 10.5. The Bertz CT molecular complexity index is 8.66. The molecule has 0 aliphatic heterocycles. The summed E-state index contributed by atoms with van der Waals surface area (Å²) in [5, 5.41) is 8.06. The fraction of sp³-hybridized carbons (Fsp3) is 0.800. The van der Waals surface area contributed by atoms with Crippen LogP contribution in [0.1, 0.15) is 20.8 Å². The van der Waals surface area contributed by atoms with E-state index < -0.39 is 0 Å². The smallest absolute Gasteiger partial charge is 0.0483 e. The summed E-state index contributed by atoms with van der Waals surface area (Å²) in [5.74, 6) is 0. The van der Waals surface area contributed by atoms with Crippen molar-refractivity contribution in [3.05, 3.63) is 6.92 Å². The van der Waals surface area contributed by atoms with E-state index in [9.17, 15) is 0 Å². The van der Waals surface area contributed by atoms with Gasteiger partial charge in [0.25, 0.3) is 0 Å². The second kappa shape index (κ2) is 8.88. The van der Waals surface area contributed by atoms with Crippen LogP contribution in [0.5, 0.6) is 0 Å². The molecular weight excluding hydrogens is 76.1 g/mol. The fourth-order valence-corrected chi connectivity index (χ4v) is 0. The number of rotatable bonds is 0. The molecule has 0 rings (SSSR count). The Balaban J connectivity index is 0. The zero-order chi connectivity index (χ0) is 5.58. The molecule has 1 nitrogen and oxygen atoms in total. The Morgan fingerprint density at radius 1 is 1.33 bits per heavy atom. The Morgan fingerprint density at radius 3 is 1.33 bits per heavy atom. The summed E-state index contributed by atoms with van der Waals surface area (Å²) < 4.78 is 0. The second-order valence-electron chi connectivity index (χ2n) is 1.09. The quantitative estimate of drug-likeness (QED) is 0.473. The Kier molecular flexibility index (Phi) is 13.8. The van der Waals surface area contributed by atoms with Crippen molar-refractivity contribution in [1.82, 2.24) is 0 Å². The molecular formula is C5H13O. The molecule has 0 unspecified atom stereocenters. The number of hydrogen-bond donors (Lipinski definition) is 1. The minimum Gasteiger partial charge on any atom is -0.394 e.